The van der Waals surface area contributed by atoms with E-state index in [0.717, 1.165) is 24.8 Å². The molecule has 0 aliphatic carbocycles. The Morgan fingerprint density at radius 1 is 1.21 bits per heavy atom. The van der Waals surface area contributed by atoms with E-state index in [1.165, 1.54) is 18.5 Å². The molecule has 0 amide bonds. The zero-order valence-electron chi connectivity index (χ0n) is 12.6. The smallest absolute Gasteiger partial charge is 0.143 e. The molecule has 1 saturated heterocycles. The van der Waals surface area contributed by atoms with Gasteiger partial charge >= 0.3 is 0 Å². The fourth-order valence-electron chi connectivity index (χ4n) is 2.90. The molecule has 3 nitrogen and oxygen atoms in total. The van der Waals surface area contributed by atoms with Gasteiger partial charge in [0.15, 0.2) is 0 Å². The quantitative estimate of drug-likeness (QED) is 0.828. The van der Waals surface area contributed by atoms with Gasteiger partial charge in [0.05, 0.1) is 12.8 Å². The van der Waals surface area contributed by atoms with Crippen molar-refractivity contribution in [2.24, 2.45) is 11.3 Å². The van der Waals surface area contributed by atoms with Gasteiger partial charge in [-0.3, -0.25) is 0 Å². The second-order valence-electron chi connectivity index (χ2n) is 6.55. The molecule has 1 heterocycles. The summed E-state index contributed by atoms with van der Waals surface area (Å²) < 4.78 is 5.30. The maximum absolute atomic E-state index is 5.87. The van der Waals surface area contributed by atoms with E-state index in [0.29, 0.717) is 11.1 Å². The van der Waals surface area contributed by atoms with Gasteiger partial charge in [0.1, 0.15) is 5.75 Å². The Bertz CT molecular complexity index is 429. The Hall–Kier alpha value is -1.38. The van der Waals surface area contributed by atoms with Crippen LogP contribution in [0.2, 0.25) is 0 Å². The van der Waals surface area contributed by atoms with E-state index in [4.69, 9.17) is 10.5 Å². The van der Waals surface area contributed by atoms with Crippen LogP contribution in [0.1, 0.15) is 33.6 Å². The van der Waals surface area contributed by atoms with Crippen molar-refractivity contribution in [1.29, 1.82) is 0 Å². The fourth-order valence-corrected chi connectivity index (χ4v) is 2.90. The van der Waals surface area contributed by atoms with E-state index in [-0.39, 0.29) is 0 Å². The molecule has 1 aliphatic heterocycles. The molecule has 2 N–H and O–H groups in total. The van der Waals surface area contributed by atoms with Crippen LogP contribution >= 0.6 is 0 Å². The Morgan fingerprint density at radius 2 is 1.84 bits per heavy atom. The summed E-state index contributed by atoms with van der Waals surface area (Å²) in [4.78, 5) is 2.43. The topological polar surface area (TPSA) is 38.5 Å². The molecule has 0 saturated carbocycles. The van der Waals surface area contributed by atoms with E-state index in [2.05, 4.69) is 31.7 Å². The largest absolute Gasteiger partial charge is 0.495 e. The van der Waals surface area contributed by atoms with Crippen LogP contribution in [0.5, 0.6) is 5.75 Å². The van der Waals surface area contributed by atoms with Crippen molar-refractivity contribution in [2.75, 3.05) is 30.8 Å². The molecule has 1 aromatic carbocycles. The van der Waals surface area contributed by atoms with E-state index in [9.17, 15) is 0 Å². The lowest BCUT2D eigenvalue weighted by molar-refractivity contribution is 0.199. The summed E-state index contributed by atoms with van der Waals surface area (Å²) in [6.45, 7) is 9.28. The number of hydrogen-bond donors (Lipinski definition) is 1. The highest BCUT2D eigenvalue weighted by molar-refractivity contribution is 5.62. The summed E-state index contributed by atoms with van der Waals surface area (Å²) in [6, 6.07) is 6.08. The van der Waals surface area contributed by atoms with Crippen molar-refractivity contribution in [3.63, 3.8) is 0 Å². The molecule has 0 aromatic heterocycles. The van der Waals surface area contributed by atoms with Crippen LogP contribution in [-0.2, 0) is 0 Å². The van der Waals surface area contributed by atoms with Crippen LogP contribution in [0.3, 0.4) is 0 Å². The lowest BCUT2D eigenvalue weighted by Gasteiger charge is -2.39. The second kappa shape index (κ2) is 5.32. The van der Waals surface area contributed by atoms with Crippen molar-refractivity contribution >= 4 is 11.4 Å². The average molecular weight is 262 g/mol. The molecule has 19 heavy (non-hydrogen) atoms. The second-order valence-corrected chi connectivity index (χ2v) is 6.55. The maximum Gasteiger partial charge on any atom is 0.143 e. The molecule has 0 unspecified atom stereocenters. The lowest BCUT2D eigenvalue weighted by Crippen LogP contribution is -2.38. The minimum absolute atomic E-state index is 0.422. The molecule has 0 spiro atoms. The van der Waals surface area contributed by atoms with Gasteiger partial charge < -0.3 is 15.4 Å². The molecule has 0 bridgehead atoms. The third kappa shape index (κ3) is 3.14. The van der Waals surface area contributed by atoms with Gasteiger partial charge in [0, 0.05) is 24.8 Å². The first-order chi connectivity index (χ1) is 8.91. The Balaban J connectivity index is 2.05. The first kappa shape index (κ1) is 14.0. The molecule has 106 valence electrons. The number of ether oxygens (including phenoxy) is 1. The number of hydrogen-bond acceptors (Lipinski definition) is 3. The number of benzene rings is 1. The third-order valence-corrected chi connectivity index (χ3v) is 4.30. The van der Waals surface area contributed by atoms with Gasteiger partial charge in [0.25, 0.3) is 0 Å². The molecule has 3 heteroatoms. The Morgan fingerprint density at radius 3 is 2.37 bits per heavy atom. The van der Waals surface area contributed by atoms with E-state index in [1.807, 2.05) is 12.1 Å². The van der Waals surface area contributed by atoms with Crippen LogP contribution in [0, 0.1) is 11.3 Å². The van der Waals surface area contributed by atoms with Crippen molar-refractivity contribution in [3.05, 3.63) is 18.2 Å². The van der Waals surface area contributed by atoms with E-state index >= 15 is 0 Å². The number of rotatable bonds is 2. The van der Waals surface area contributed by atoms with Crippen molar-refractivity contribution < 1.29 is 4.74 Å². The molecular weight excluding hydrogens is 236 g/mol. The van der Waals surface area contributed by atoms with Crippen molar-refractivity contribution in [2.45, 2.75) is 33.6 Å². The SMILES string of the molecule is COc1cc(N2CCC(C(C)(C)C)CC2)ccc1N. The molecule has 0 radical (unpaired) electrons. The third-order valence-electron chi connectivity index (χ3n) is 4.30. The summed E-state index contributed by atoms with van der Waals surface area (Å²) in [5, 5.41) is 0. The minimum Gasteiger partial charge on any atom is -0.495 e. The number of methoxy groups -OCH3 is 1. The first-order valence-electron chi connectivity index (χ1n) is 7.10. The van der Waals surface area contributed by atoms with Crippen molar-refractivity contribution in [3.8, 4) is 5.75 Å². The number of nitrogens with two attached hydrogens (primary N) is 1. The molecule has 1 fully saturated rings. The molecular formula is C16H26N2O. The number of nitrogens with zero attached hydrogens (tertiary/aromatic N) is 1. The van der Waals surface area contributed by atoms with Crippen LogP contribution < -0.4 is 15.4 Å². The van der Waals surface area contributed by atoms with Gasteiger partial charge in [-0.25, -0.2) is 0 Å². The van der Waals surface area contributed by atoms with Gasteiger partial charge in [-0.2, -0.15) is 0 Å². The summed E-state index contributed by atoms with van der Waals surface area (Å²) in [7, 11) is 1.67. The number of anilines is 2. The standard InChI is InChI=1S/C16H26N2O/c1-16(2,3)12-7-9-18(10-8-12)13-5-6-14(17)15(11-13)19-4/h5-6,11-12H,7-10,17H2,1-4H3. The van der Waals surface area contributed by atoms with E-state index < -0.39 is 0 Å². The average Bonchev–Trinajstić information content (AvgIpc) is 2.38. The first-order valence-corrected chi connectivity index (χ1v) is 7.10. The van der Waals surface area contributed by atoms with Gasteiger partial charge in [-0.1, -0.05) is 20.8 Å². The summed E-state index contributed by atoms with van der Waals surface area (Å²) in [5.41, 5.74) is 8.21. The molecule has 1 aromatic rings. The summed E-state index contributed by atoms with van der Waals surface area (Å²) >= 11 is 0. The highest BCUT2D eigenvalue weighted by atomic mass is 16.5. The number of nitrogen functional groups attached to an aromatic ring is 1. The fraction of sp³-hybridized carbons (Fsp3) is 0.625. The zero-order chi connectivity index (χ0) is 14.0. The number of piperidine rings is 1. The summed E-state index contributed by atoms with van der Waals surface area (Å²) in [5.74, 6) is 1.59. The van der Waals surface area contributed by atoms with Crippen LogP contribution in [0.4, 0.5) is 11.4 Å². The van der Waals surface area contributed by atoms with Crippen LogP contribution in [0.25, 0.3) is 0 Å². The highest BCUT2D eigenvalue weighted by Gasteiger charge is 2.28. The van der Waals surface area contributed by atoms with E-state index in [1.54, 1.807) is 7.11 Å². The Kier molecular flexibility index (Phi) is 3.93. The lowest BCUT2D eigenvalue weighted by atomic mass is 9.75. The maximum atomic E-state index is 5.87. The van der Waals surface area contributed by atoms with Crippen LogP contribution in [-0.4, -0.2) is 20.2 Å². The molecule has 1 aliphatic rings. The highest BCUT2D eigenvalue weighted by Crippen LogP contribution is 2.36. The predicted molar refractivity (Wildman–Crippen MR) is 81.8 cm³/mol. The molecule has 2 rings (SSSR count). The predicted octanol–water partition coefficient (Wildman–Crippen LogP) is 3.54. The van der Waals surface area contributed by atoms with Gasteiger partial charge in [-0.15, -0.1) is 0 Å². The van der Waals surface area contributed by atoms with Crippen LogP contribution in [0.15, 0.2) is 18.2 Å². The van der Waals surface area contributed by atoms with Gasteiger partial charge in [-0.05, 0) is 36.3 Å². The normalized spacial score (nSPS) is 17.6. The minimum atomic E-state index is 0.422. The molecule has 0 atom stereocenters. The Labute approximate surface area is 116 Å². The van der Waals surface area contributed by atoms with Crippen molar-refractivity contribution in [1.82, 2.24) is 0 Å². The zero-order valence-corrected chi connectivity index (χ0v) is 12.6. The van der Waals surface area contributed by atoms with Gasteiger partial charge in [0.2, 0.25) is 0 Å². The summed E-state index contributed by atoms with van der Waals surface area (Å²) in [6.07, 6.45) is 2.52. The monoisotopic (exact) mass is 262 g/mol.